The molecular formula is C19H22N2O4S. The van der Waals surface area contributed by atoms with Crippen molar-refractivity contribution in [3.63, 3.8) is 0 Å². The third-order valence-electron chi connectivity index (χ3n) is 4.39. The van der Waals surface area contributed by atoms with Crippen LogP contribution < -0.4 is 9.62 Å². The summed E-state index contributed by atoms with van der Waals surface area (Å²) in [4.78, 5) is 12.4. The average molecular weight is 374 g/mol. The fraction of sp³-hybridized carbons (Fsp3) is 0.316. The lowest BCUT2D eigenvalue weighted by atomic mass is 10.1. The predicted octanol–water partition coefficient (Wildman–Crippen LogP) is 1.96. The van der Waals surface area contributed by atoms with Crippen molar-refractivity contribution < 1.29 is 17.9 Å². The fourth-order valence-electron chi connectivity index (χ4n) is 3.12. The molecule has 0 aromatic heterocycles. The molecule has 2 aromatic rings. The highest BCUT2D eigenvalue weighted by Crippen LogP contribution is 2.29. The van der Waals surface area contributed by atoms with Crippen molar-refractivity contribution in [2.24, 2.45) is 0 Å². The lowest BCUT2D eigenvalue weighted by Gasteiger charge is -2.19. The number of rotatable bonds is 7. The Bertz CT molecular complexity index is 896. The zero-order chi connectivity index (χ0) is 18.6. The number of nitrogens with one attached hydrogen (secondary N) is 1. The van der Waals surface area contributed by atoms with Gasteiger partial charge in [0.25, 0.3) is 5.91 Å². The topological polar surface area (TPSA) is 75.7 Å². The Morgan fingerprint density at radius 3 is 2.69 bits per heavy atom. The number of methoxy groups -OCH3 is 1. The number of carbonyl (C=O) groups excluding carboxylic acids is 1. The van der Waals surface area contributed by atoms with Gasteiger partial charge in [0.05, 0.1) is 18.0 Å². The molecule has 0 aliphatic carbocycles. The number of para-hydroxylation sites is 1. The summed E-state index contributed by atoms with van der Waals surface area (Å²) in [6, 6.07) is 14.6. The minimum Gasteiger partial charge on any atom is -0.380 e. The van der Waals surface area contributed by atoms with Crippen molar-refractivity contribution in [1.29, 1.82) is 0 Å². The van der Waals surface area contributed by atoms with E-state index in [1.165, 1.54) is 4.31 Å². The molecule has 26 heavy (non-hydrogen) atoms. The second kappa shape index (κ2) is 7.88. The summed E-state index contributed by atoms with van der Waals surface area (Å²) < 4.78 is 31.8. The Hall–Kier alpha value is -2.38. The molecule has 0 unspecified atom stereocenters. The van der Waals surface area contributed by atoms with Crippen molar-refractivity contribution in [2.75, 3.05) is 30.3 Å². The highest BCUT2D eigenvalue weighted by Gasteiger charge is 2.28. The van der Waals surface area contributed by atoms with E-state index in [4.69, 9.17) is 4.74 Å². The smallest absolute Gasteiger partial charge is 0.251 e. The van der Waals surface area contributed by atoms with Gasteiger partial charge in [-0.1, -0.05) is 36.4 Å². The van der Waals surface area contributed by atoms with Gasteiger partial charge in [0.2, 0.25) is 10.0 Å². The highest BCUT2D eigenvalue weighted by atomic mass is 32.2. The van der Waals surface area contributed by atoms with Crippen molar-refractivity contribution >= 4 is 21.6 Å². The van der Waals surface area contributed by atoms with Crippen LogP contribution in [0.1, 0.15) is 21.5 Å². The summed E-state index contributed by atoms with van der Waals surface area (Å²) in [7, 11) is -1.91. The summed E-state index contributed by atoms with van der Waals surface area (Å²) in [6.07, 6.45) is 0.714. The summed E-state index contributed by atoms with van der Waals surface area (Å²) in [5, 5.41) is 2.70. The molecule has 2 aromatic carbocycles. The molecule has 6 nitrogen and oxygen atoms in total. The van der Waals surface area contributed by atoms with E-state index in [-0.39, 0.29) is 18.2 Å². The number of hydrogen-bond acceptors (Lipinski definition) is 4. The van der Waals surface area contributed by atoms with E-state index in [0.717, 1.165) is 16.8 Å². The molecule has 138 valence electrons. The molecule has 7 heteroatoms. The maximum Gasteiger partial charge on any atom is 0.251 e. The van der Waals surface area contributed by atoms with Gasteiger partial charge in [-0.15, -0.1) is 0 Å². The first-order chi connectivity index (χ1) is 12.5. The SMILES string of the molecule is COCc1ccccc1C(=O)NCCS(=O)(=O)N1CCc2ccccc21. The number of anilines is 1. The number of benzene rings is 2. The van der Waals surface area contributed by atoms with Crippen LogP contribution in [0.3, 0.4) is 0 Å². The molecule has 0 bridgehead atoms. The van der Waals surface area contributed by atoms with E-state index in [0.29, 0.717) is 25.1 Å². The van der Waals surface area contributed by atoms with Gasteiger partial charge < -0.3 is 10.1 Å². The normalized spacial score (nSPS) is 13.5. The van der Waals surface area contributed by atoms with Crippen LogP contribution in [0.4, 0.5) is 5.69 Å². The zero-order valence-corrected chi connectivity index (χ0v) is 15.5. The minimum absolute atomic E-state index is 0.0567. The molecule has 0 atom stereocenters. The first-order valence-corrected chi connectivity index (χ1v) is 10.1. The Morgan fingerprint density at radius 2 is 1.88 bits per heavy atom. The van der Waals surface area contributed by atoms with Crippen LogP contribution in [0.5, 0.6) is 0 Å². The van der Waals surface area contributed by atoms with E-state index in [2.05, 4.69) is 5.32 Å². The van der Waals surface area contributed by atoms with Gasteiger partial charge in [0.1, 0.15) is 0 Å². The maximum absolute atomic E-state index is 12.6. The highest BCUT2D eigenvalue weighted by molar-refractivity contribution is 7.92. The molecule has 0 fully saturated rings. The molecule has 0 saturated carbocycles. The van der Waals surface area contributed by atoms with Crippen LogP contribution in [0.15, 0.2) is 48.5 Å². The van der Waals surface area contributed by atoms with Gasteiger partial charge in [-0.3, -0.25) is 9.10 Å². The molecule has 1 aliphatic rings. The van der Waals surface area contributed by atoms with Gasteiger partial charge in [-0.2, -0.15) is 0 Å². The monoisotopic (exact) mass is 374 g/mol. The second-order valence-corrected chi connectivity index (χ2v) is 8.13. The summed E-state index contributed by atoms with van der Waals surface area (Å²) in [5.74, 6) is -0.436. The third kappa shape index (κ3) is 3.89. The van der Waals surface area contributed by atoms with Crippen molar-refractivity contribution in [1.82, 2.24) is 5.32 Å². The van der Waals surface area contributed by atoms with E-state index >= 15 is 0 Å². The van der Waals surface area contributed by atoms with Gasteiger partial charge >= 0.3 is 0 Å². The molecule has 1 aliphatic heterocycles. The van der Waals surface area contributed by atoms with E-state index < -0.39 is 10.0 Å². The number of amides is 1. The lowest BCUT2D eigenvalue weighted by Crippen LogP contribution is -2.37. The van der Waals surface area contributed by atoms with E-state index in [9.17, 15) is 13.2 Å². The average Bonchev–Trinajstić information content (AvgIpc) is 3.07. The number of carbonyl (C=O) groups is 1. The van der Waals surface area contributed by atoms with Gasteiger partial charge in [0, 0.05) is 25.8 Å². The van der Waals surface area contributed by atoms with Crippen LogP contribution in [-0.4, -0.2) is 40.3 Å². The fourth-order valence-corrected chi connectivity index (χ4v) is 4.55. The molecular weight excluding hydrogens is 352 g/mol. The first-order valence-electron chi connectivity index (χ1n) is 8.46. The molecule has 0 radical (unpaired) electrons. The predicted molar refractivity (Wildman–Crippen MR) is 101 cm³/mol. The van der Waals surface area contributed by atoms with Crippen LogP contribution in [-0.2, 0) is 27.8 Å². The zero-order valence-electron chi connectivity index (χ0n) is 14.6. The molecule has 1 heterocycles. The van der Waals surface area contributed by atoms with Crippen LogP contribution in [0.2, 0.25) is 0 Å². The summed E-state index contributed by atoms with van der Waals surface area (Å²) in [5.41, 5.74) is 3.04. The lowest BCUT2D eigenvalue weighted by molar-refractivity contribution is 0.0951. The van der Waals surface area contributed by atoms with Gasteiger partial charge in [-0.05, 0) is 29.7 Å². The number of hydrogen-bond donors (Lipinski definition) is 1. The number of nitrogens with zero attached hydrogens (tertiary/aromatic N) is 1. The largest absolute Gasteiger partial charge is 0.380 e. The van der Waals surface area contributed by atoms with Crippen LogP contribution in [0.25, 0.3) is 0 Å². The Morgan fingerprint density at radius 1 is 1.15 bits per heavy atom. The Labute approximate surface area is 153 Å². The Kier molecular flexibility index (Phi) is 5.58. The Balaban J connectivity index is 1.62. The number of fused-ring (bicyclic) bond motifs is 1. The summed E-state index contributed by atoms with van der Waals surface area (Å²) in [6.45, 7) is 0.833. The minimum atomic E-state index is -3.48. The second-order valence-electron chi connectivity index (χ2n) is 6.11. The quantitative estimate of drug-likeness (QED) is 0.804. The maximum atomic E-state index is 12.6. The van der Waals surface area contributed by atoms with E-state index in [1.54, 1.807) is 19.2 Å². The standard InChI is InChI=1S/C19H22N2O4S/c1-25-14-16-7-2-4-8-17(16)19(22)20-11-13-26(23,24)21-12-10-15-6-3-5-9-18(15)21/h2-9H,10-14H2,1H3,(H,20,22). The van der Waals surface area contributed by atoms with Crippen LogP contribution >= 0.6 is 0 Å². The molecule has 0 saturated heterocycles. The molecule has 1 N–H and O–H groups in total. The van der Waals surface area contributed by atoms with Crippen LogP contribution in [0, 0.1) is 0 Å². The molecule has 1 amide bonds. The first kappa shape index (κ1) is 18.4. The van der Waals surface area contributed by atoms with Crippen molar-refractivity contribution in [3.8, 4) is 0 Å². The van der Waals surface area contributed by atoms with Crippen molar-refractivity contribution in [2.45, 2.75) is 13.0 Å². The van der Waals surface area contributed by atoms with Gasteiger partial charge in [-0.25, -0.2) is 8.42 Å². The number of ether oxygens (including phenoxy) is 1. The molecule has 0 spiro atoms. The molecule has 3 rings (SSSR count). The summed E-state index contributed by atoms with van der Waals surface area (Å²) >= 11 is 0. The van der Waals surface area contributed by atoms with Crippen molar-refractivity contribution in [3.05, 3.63) is 65.2 Å². The van der Waals surface area contributed by atoms with Gasteiger partial charge in [0.15, 0.2) is 0 Å². The third-order valence-corrected chi connectivity index (χ3v) is 6.16. The number of sulfonamides is 1. The van der Waals surface area contributed by atoms with E-state index in [1.807, 2.05) is 36.4 Å².